The third-order valence-corrected chi connectivity index (χ3v) is 6.11. The van der Waals surface area contributed by atoms with Crippen molar-refractivity contribution in [2.24, 2.45) is 5.92 Å². The molecule has 0 radical (unpaired) electrons. The third-order valence-electron chi connectivity index (χ3n) is 4.89. The number of aryl methyl sites for hydroxylation is 1. The number of nitrogens with one attached hydrogen (secondary N) is 1. The highest BCUT2D eigenvalue weighted by atomic mass is 32.1. The zero-order valence-electron chi connectivity index (χ0n) is 11.6. The highest BCUT2D eigenvalue weighted by Crippen LogP contribution is 2.49. The van der Waals surface area contributed by atoms with Crippen LogP contribution in [-0.4, -0.2) is 12.1 Å². The molecule has 0 atom stereocenters. The molecule has 0 aromatic carbocycles. The Balaban J connectivity index is 1.65. The van der Waals surface area contributed by atoms with Crippen LogP contribution in [0.1, 0.15) is 60.4 Å². The molecule has 3 aliphatic rings. The predicted molar refractivity (Wildman–Crippen MR) is 79.2 cm³/mol. The SMILES string of the molecule is O=C(Nc1sc2c(c1C1CC(F)C1)CCCC2)C1CC1. The summed E-state index contributed by atoms with van der Waals surface area (Å²) < 4.78 is 13.2. The van der Waals surface area contributed by atoms with Gasteiger partial charge in [0, 0.05) is 10.8 Å². The lowest BCUT2D eigenvalue weighted by atomic mass is 9.76. The first-order chi connectivity index (χ1) is 9.72. The van der Waals surface area contributed by atoms with Crippen molar-refractivity contribution in [3.63, 3.8) is 0 Å². The first kappa shape index (κ1) is 12.8. The van der Waals surface area contributed by atoms with E-state index in [1.807, 2.05) is 0 Å². The first-order valence-electron chi connectivity index (χ1n) is 7.81. The zero-order chi connectivity index (χ0) is 13.7. The van der Waals surface area contributed by atoms with E-state index in [2.05, 4.69) is 5.32 Å². The normalized spacial score (nSPS) is 28.6. The summed E-state index contributed by atoms with van der Waals surface area (Å²) >= 11 is 1.76. The Bertz CT molecular complexity index is 543. The molecule has 2 nitrogen and oxygen atoms in total. The molecule has 1 heterocycles. The molecule has 4 rings (SSSR count). The van der Waals surface area contributed by atoms with E-state index in [0.29, 0.717) is 18.8 Å². The van der Waals surface area contributed by atoms with Crippen LogP contribution in [0.25, 0.3) is 0 Å². The molecule has 1 aromatic rings. The maximum absolute atomic E-state index is 13.2. The van der Waals surface area contributed by atoms with Crippen LogP contribution in [0.4, 0.5) is 9.39 Å². The van der Waals surface area contributed by atoms with Gasteiger partial charge in [0.05, 0.1) is 5.00 Å². The van der Waals surface area contributed by atoms with Gasteiger partial charge in [-0.1, -0.05) is 0 Å². The molecule has 2 fully saturated rings. The summed E-state index contributed by atoms with van der Waals surface area (Å²) in [7, 11) is 0. The summed E-state index contributed by atoms with van der Waals surface area (Å²) in [5.41, 5.74) is 2.75. The van der Waals surface area contributed by atoms with Gasteiger partial charge in [-0.15, -0.1) is 11.3 Å². The molecule has 1 amide bonds. The van der Waals surface area contributed by atoms with Gasteiger partial charge in [0.1, 0.15) is 6.17 Å². The second-order valence-corrected chi connectivity index (χ2v) is 7.59. The van der Waals surface area contributed by atoms with Crippen molar-refractivity contribution >= 4 is 22.2 Å². The molecule has 3 aliphatic carbocycles. The number of amides is 1. The maximum Gasteiger partial charge on any atom is 0.228 e. The molecule has 4 heteroatoms. The highest BCUT2D eigenvalue weighted by molar-refractivity contribution is 7.16. The summed E-state index contributed by atoms with van der Waals surface area (Å²) in [6, 6.07) is 0. The van der Waals surface area contributed by atoms with E-state index < -0.39 is 6.17 Å². The zero-order valence-corrected chi connectivity index (χ0v) is 12.4. The van der Waals surface area contributed by atoms with E-state index in [4.69, 9.17) is 0 Å². The summed E-state index contributed by atoms with van der Waals surface area (Å²) in [6.07, 6.45) is 7.46. The average molecular weight is 293 g/mol. The monoisotopic (exact) mass is 293 g/mol. The van der Waals surface area contributed by atoms with Gasteiger partial charge in [0.25, 0.3) is 0 Å². The Morgan fingerprint density at radius 3 is 2.65 bits per heavy atom. The second kappa shape index (κ2) is 4.83. The second-order valence-electron chi connectivity index (χ2n) is 6.48. The molecule has 0 unspecified atom stereocenters. The lowest BCUT2D eigenvalue weighted by molar-refractivity contribution is -0.117. The minimum atomic E-state index is -0.633. The van der Waals surface area contributed by atoms with E-state index in [9.17, 15) is 9.18 Å². The van der Waals surface area contributed by atoms with Gasteiger partial charge in [-0.25, -0.2) is 4.39 Å². The van der Waals surface area contributed by atoms with E-state index in [-0.39, 0.29) is 11.8 Å². The fourth-order valence-corrected chi connectivity index (χ4v) is 4.84. The molecule has 0 saturated heterocycles. The molecule has 20 heavy (non-hydrogen) atoms. The fraction of sp³-hybridized carbons (Fsp3) is 0.688. The molecule has 108 valence electrons. The first-order valence-corrected chi connectivity index (χ1v) is 8.63. The lowest BCUT2D eigenvalue weighted by Gasteiger charge is -2.31. The van der Waals surface area contributed by atoms with Gasteiger partial charge in [0.2, 0.25) is 5.91 Å². The Kier molecular flexibility index (Phi) is 3.09. The van der Waals surface area contributed by atoms with Crippen LogP contribution in [0.5, 0.6) is 0 Å². The Hall–Kier alpha value is -0.900. The number of carbonyl (C=O) groups is 1. The number of thiophene rings is 1. The van der Waals surface area contributed by atoms with E-state index in [1.165, 1.54) is 28.8 Å². The van der Waals surface area contributed by atoms with Crippen LogP contribution in [0.15, 0.2) is 0 Å². The molecule has 0 spiro atoms. The summed E-state index contributed by atoms with van der Waals surface area (Å²) in [5.74, 6) is 0.760. The number of rotatable bonds is 3. The van der Waals surface area contributed by atoms with Gasteiger partial charge in [0.15, 0.2) is 0 Å². The summed E-state index contributed by atoms with van der Waals surface area (Å²) in [6.45, 7) is 0. The van der Waals surface area contributed by atoms with Crippen molar-refractivity contribution in [1.29, 1.82) is 0 Å². The van der Waals surface area contributed by atoms with Gasteiger partial charge < -0.3 is 5.32 Å². The van der Waals surface area contributed by atoms with Crippen molar-refractivity contribution in [2.75, 3.05) is 5.32 Å². The number of hydrogen-bond acceptors (Lipinski definition) is 2. The number of halogens is 1. The molecular weight excluding hydrogens is 273 g/mol. The van der Waals surface area contributed by atoms with Crippen molar-refractivity contribution in [3.05, 3.63) is 16.0 Å². The molecule has 2 saturated carbocycles. The number of alkyl halides is 1. The van der Waals surface area contributed by atoms with Crippen LogP contribution in [0, 0.1) is 5.92 Å². The minimum absolute atomic E-state index is 0.181. The summed E-state index contributed by atoms with van der Waals surface area (Å²) in [5, 5.41) is 4.20. The van der Waals surface area contributed by atoms with Gasteiger partial charge in [-0.2, -0.15) is 0 Å². The summed E-state index contributed by atoms with van der Waals surface area (Å²) in [4.78, 5) is 13.5. The maximum atomic E-state index is 13.2. The topological polar surface area (TPSA) is 29.1 Å². The Morgan fingerprint density at radius 2 is 1.95 bits per heavy atom. The Morgan fingerprint density at radius 1 is 1.20 bits per heavy atom. The van der Waals surface area contributed by atoms with Crippen molar-refractivity contribution in [3.8, 4) is 0 Å². The fourth-order valence-electron chi connectivity index (χ4n) is 3.46. The highest BCUT2D eigenvalue weighted by Gasteiger charge is 2.37. The van der Waals surface area contributed by atoms with Crippen molar-refractivity contribution in [2.45, 2.75) is 63.5 Å². The molecule has 0 bridgehead atoms. The van der Waals surface area contributed by atoms with Crippen LogP contribution in [0.3, 0.4) is 0 Å². The smallest absolute Gasteiger partial charge is 0.228 e. The van der Waals surface area contributed by atoms with Gasteiger partial charge in [-0.3, -0.25) is 4.79 Å². The molecule has 1 N–H and O–H groups in total. The largest absolute Gasteiger partial charge is 0.317 e. The van der Waals surface area contributed by atoms with E-state index in [0.717, 1.165) is 30.7 Å². The van der Waals surface area contributed by atoms with Crippen LogP contribution in [-0.2, 0) is 17.6 Å². The van der Waals surface area contributed by atoms with E-state index in [1.54, 1.807) is 11.3 Å². The Labute approximate surface area is 122 Å². The van der Waals surface area contributed by atoms with Gasteiger partial charge >= 0.3 is 0 Å². The average Bonchev–Trinajstić information content (AvgIpc) is 3.18. The third kappa shape index (κ3) is 2.18. The number of fused-ring (bicyclic) bond motifs is 1. The van der Waals surface area contributed by atoms with Crippen LogP contribution in [0.2, 0.25) is 0 Å². The van der Waals surface area contributed by atoms with Crippen molar-refractivity contribution < 1.29 is 9.18 Å². The predicted octanol–water partition coefficient (Wildman–Crippen LogP) is 4.19. The van der Waals surface area contributed by atoms with Gasteiger partial charge in [-0.05, 0) is 68.4 Å². The van der Waals surface area contributed by atoms with Crippen LogP contribution < -0.4 is 5.32 Å². The quantitative estimate of drug-likeness (QED) is 0.889. The number of hydrogen-bond donors (Lipinski definition) is 1. The minimum Gasteiger partial charge on any atom is -0.317 e. The van der Waals surface area contributed by atoms with Crippen LogP contribution >= 0.6 is 11.3 Å². The molecule has 0 aliphatic heterocycles. The molecular formula is C16H20FNOS. The molecule has 1 aromatic heterocycles. The van der Waals surface area contributed by atoms with Crippen molar-refractivity contribution in [1.82, 2.24) is 0 Å². The number of anilines is 1. The number of carbonyl (C=O) groups excluding carboxylic acids is 1. The lowest BCUT2D eigenvalue weighted by Crippen LogP contribution is -2.25. The van der Waals surface area contributed by atoms with E-state index >= 15 is 0 Å². The standard InChI is InChI=1S/C16H20FNOS/c17-11-7-10(8-11)14-12-3-1-2-4-13(12)20-16(14)18-15(19)9-5-6-9/h9-11H,1-8H2,(H,18,19).